The number of aromatic nitrogens is 4. The molecule has 20 heteroatoms. The van der Waals surface area contributed by atoms with Gasteiger partial charge in [-0.1, -0.05) is 76.9 Å². The molecule has 0 saturated heterocycles. The van der Waals surface area contributed by atoms with E-state index in [1.165, 1.54) is 13.3 Å². The second-order valence-electron chi connectivity index (χ2n) is 26.7. The number of methoxy groups -OCH3 is 1. The van der Waals surface area contributed by atoms with E-state index in [-0.39, 0.29) is 36.2 Å². The predicted molar refractivity (Wildman–Crippen MR) is 406 cm³/mol. The molecule has 4 heterocycles. The van der Waals surface area contributed by atoms with Crippen LogP contribution in [-0.2, 0) is 20.8 Å². The molecule has 0 aliphatic carbocycles. The van der Waals surface area contributed by atoms with E-state index in [2.05, 4.69) is 159 Å². The molecule has 9 rings (SSSR count). The van der Waals surface area contributed by atoms with Crippen LogP contribution in [0.2, 0.25) is 0 Å². The van der Waals surface area contributed by atoms with Crippen LogP contribution in [-0.4, -0.2) is 190 Å². The van der Waals surface area contributed by atoms with Crippen molar-refractivity contribution in [2.45, 2.75) is 108 Å². The quantitative estimate of drug-likeness (QED) is 0.0183. The summed E-state index contributed by atoms with van der Waals surface area (Å²) >= 11 is 0. The Hall–Kier alpha value is -9.34. The summed E-state index contributed by atoms with van der Waals surface area (Å²) in [5.74, 6) is -2.02. The molecular formula is C79H106N12O8. The number of carbonyl (C=O) groups is 4. The lowest BCUT2D eigenvalue weighted by molar-refractivity contribution is 0.0377. The fourth-order valence-electron chi connectivity index (χ4n) is 11.7. The summed E-state index contributed by atoms with van der Waals surface area (Å²) in [6.45, 7) is 27.2. The van der Waals surface area contributed by atoms with Crippen molar-refractivity contribution in [2.75, 3.05) is 137 Å². The molecule has 0 radical (unpaired) electrons. The van der Waals surface area contributed by atoms with Crippen molar-refractivity contribution in [3.63, 3.8) is 0 Å². The van der Waals surface area contributed by atoms with Crippen LogP contribution in [0.3, 0.4) is 0 Å². The lowest BCUT2D eigenvalue weighted by Crippen LogP contribution is -2.18. The summed E-state index contributed by atoms with van der Waals surface area (Å²) in [4.78, 5) is 75.4. The van der Waals surface area contributed by atoms with E-state index in [0.717, 1.165) is 189 Å². The van der Waals surface area contributed by atoms with E-state index in [1.54, 1.807) is 18.6 Å². The molecule has 530 valence electrons. The Morgan fingerprint density at radius 3 is 1.01 bits per heavy atom. The molecule has 99 heavy (non-hydrogen) atoms. The smallest absolute Gasteiger partial charge is 0.342 e. The second kappa shape index (κ2) is 38.1. The van der Waals surface area contributed by atoms with Crippen molar-refractivity contribution >= 4 is 90.2 Å². The molecule has 4 aromatic heterocycles. The number of hydrogen-bond donors (Lipinski definition) is 5. The number of hydrogen-bond acceptors (Lipinski definition) is 19. The average Bonchev–Trinajstić information content (AvgIpc) is 0.806. The first-order valence-electron chi connectivity index (χ1n) is 34.0. The van der Waals surface area contributed by atoms with Crippen LogP contribution in [0.25, 0.3) is 43.6 Å². The first-order valence-corrected chi connectivity index (χ1v) is 34.0. The molecule has 9 aromatic rings. The molecule has 5 N–H and O–H groups in total. The highest BCUT2D eigenvalue weighted by Gasteiger charge is 2.22. The van der Waals surface area contributed by atoms with Gasteiger partial charge in [0.15, 0.2) is 0 Å². The minimum Gasteiger partial charge on any atom is -0.478 e. The van der Waals surface area contributed by atoms with Gasteiger partial charge in [0.1, 0.15) is 28.9 Å². The number of pyridine rings is 4. The molecule has 0 saturated carbocycles. The van der Waals surface area contributed by atoms with Crippen molar-refractivity contribution in [3.05, 3.63) is 176 Å². The summed E-state index contributed by atoms with van der Waals surface area (Å²) in [5.41, 5.74) is 18.2. The topological polar surface area (TPSA) is 229 Å². The minimum absolute atomic E-state index is 0.163. The average molecular weight is 1350 g/mol. The molecule has 0 unspecified atom stereocenters. The molecule has 0 bridgehead atoms. The number of benzene rings is 5. The van der Waals surface area contributed by atoms with E-state index >= 15 is 0 Å². The van der Waals surface area contributed by atoms with Crippen molar-refractivity contribution in [2.24, 2.45) is 0 Å². The Morgan fingerprint density at radius 1 is 0.424 bits per heavy atom. The van der Waals surface area contributed by atoms with Crippen molar-refractivity contribution in [3.8, 4) is 0 Å². The second-order valence-corrected chi connectivity index (χ2v) is 26.7. The predicted octanol–water partition coefficient (Wildman–Crippen LogP) is 14.3. The van der Waals surface area contributed by atoms with E-state index in [9.17, 15) is 24.3 Å². The van der Waals surface area contributed by atoms with Gasteiger partial charge in [0.25, 0.3) is 0 Å². The maximum Gasteiger partial charge on any atom is 0.342 e. The lowest BCUT2D eigenvalue weighted by atomic mass is 10.0. The number of nitrogens with zero attached hydrogens (tertiary/aromatic N) is 8. The maximum atomic E-state index is 12.9. The SMILES string of the molecule is COC(=O)c1cnc2c(C)cc(C)cc2c1NCCCN(C)C.Cc1cc(C)c2ncc(C(=O)O)c(NCCCN(C)C)c2c1.Cc1cc(C)c2ncc(C(=O)OC(C)C)c(NCCCN(C)C)c2c1.Cc1cc(C)c2ncc(C(=O)OCc3ccccc3)c(NCCCN(C)C)c2c1. The molecule has 0 spiro atoms. The highest BCUT2D eigenvalue weighted by Crippen LogP contribution is 2.34. The van der Waals surface area contributed by atoms with Gasteiger partial charge >= 0.3 is 23.9 Å². The Bertz CT molecular complexity index is 4210. The Morgan fingerprint density at radius 2 is 0.717 bits per heavy atom. The van der Waals surface area contributed by atoms with Gasteiger partial charge in [0, 0.05) is 72.5 Å². The fourth-order valence-corrected chi connectivity index (χ4v) is 11.7. The van der Waals surface area contributed by atoms with Crippen LogP contribution in [0.4, 0.5) is 22.7 Å². The number of carbonyl (C=O) groups excluding carboxylic acids is 3. The van der Waals surface area contributed by atoms with Gasteiger partial charge in [-0.3, -0.25) is 19.9 Å². The van der Waals surface area contributed by atoms with E-state index in [4.69, 9.17) is 14.2 Å². The summed E-state index contributed by atoms with van der Waals surface area (Å²) in [6.07, 6.45) is 10.0. The number of carboxylic acids is 1. The number of aromatic carboxylic acids is 1. The van der Waals surface area contributed by atoms with Crippen molar-refractivity contribution < 1.29 is 38.5 Å². The maximum absolute atomic E-state index is 12.9. The number of aryl methyl sites for hydroxylation is 8. The Balaban J connectivity index is 0.000000209. The third-order valence-electron chi connectivity index (χ3n) is 16.2. The van der Waals surface area contributed by atoms with Crippen molar-refractivity contribution in [1.82, 2.24) is 39.5 Å². The van der Waals surface area contributed by atoms with Crippen molar-refractivity contribution in [1.29, 1.82) is 0 Å². The number of nitrogens with one attached hydrogen (secondary N) is 4. The summed E-state index contributed by atoms with van der Waals surface area (Å²) in [5, 5.41) is 26.8. The largest absolute Gasteiger partial charge is 0.478 e. The number of ether oxygens (including phenoxy) is 3. The van der Waals surface area contributed by atoms with Crippen LogP contribution in [0.15, 0.2) is 104 Å². The summed E-state index contributed by atoms with van der Waals surface area (Å²) in [6, 6.07) is 26.3. The Labute approximate surface area is 586 Å². The molecule has 0 atom stereocenters. The van der Waals surface area contributed by atoms with Gasteiger partial charge in [-0.05, 0) is 230 Å². The lowest BCUT2D eigenvalue weighted by Gasteiger charge is -2.17. The zero-order valence-electron chi connectivity index (χ0n) is 62.0. The molecule has 0 aliphatic heterocycles. The van der Waals surface area contributed by atoms with Crippen LogP contribution >= 0.6 is 0 Å². The molecular weight excluding hydrogens is 1240 g/mol. The molecule has 20 nitrogen and oxygen atoms in total. The molecule has 0 fully saturated rings. The van der Waals surface area contributed by atoms with Gasteiger partial charge in [0.05, 0.1) is 58.0 Å². The highest BCUT2D eigenvalue weighted by molar-refractivity contribution is 6.08. The standard InChI is InChI=1S/C24H29N3O2.C20H29N3O2.C18H25N3O2.C17H23N3O2/c1-17-13-18(2)22-20(14-17)23(25-11-8-12-27(3)4)21(15-26-22)24(28)29-16-19-9-6-5-7-10-19;1-13(2)25-20(24)17-12-22-18-15(4)10-14(3)11-16(18)19(17)21-8-7-9-23(5)6;1-12-9-13(2)16-14(10-12)17(19-7-6-8-21(3)4)15(11-20-16)18(22)23-5;1-11-8-12(2)15-13(9-11)16(14(10-19-15)17(21)22)18-6-5-7-20(3)4/h5-7,9-10,13-15H,8,11-12,16H2,1-4H3,(H,25,26);10-13H,7-9H2,1-6H3,(H,21,22);9-11H,6-8H2,1-5H3,(H,19,20);8-10H,5-7H2,1-4H3,(H,18,19)(H,21,22). The number of fused-ring (bicyclic) bond motifs is 4. The zero-order valence-corrected chi connectivity index (χ0v) is 62.0. The number of anilines is 4. The van der Waals surface area contributed by atoms with Gasteiger partial charge in [-0.25, -0.2) is 19.2 Å². The van der Waals surface area contributed by atoms with E-state index in [1.807, 2.05) is 106 Å². The van der Waals surface area contributed by atoms with Gasteiger partial charge in [0.2, 0.25) is 0 Å². The third kappa shape index (κ3) is 23.1. The van der Waals surface area contributed by atoms with E-state index < -0.39 is 5.97 Å². The number of rotatable bonds is 27. The van der Waals surface area contributed by atoms with Crippen LogP contribution in [0.1, 0.15) is 131 Å². The summed E-state index contributed by atoms with van der Waals surface area (Å²) in [7, 11) is 17.8. The van der Waals surface area contributed by atoms with Gasteiger partial charge < -0.3 is 60.2 Å². The van der Waals surface area contributed by atoms with Crippen LogP contribution in [0.5, 0.6) is 0 Å². The zero-order chi connectivity index (χ0) is 72.6. The molecule has 5 aromatic carbocycles. The Kier molecular flexibility index (Phi) is 30.3. The normalized spacial score (nSPS) is 11.2. The van der Waals surface area contributed by atoms with Crippen LogP contribution < -0.4 is 21.3 Å². The first kappa shape index (κ1) is 78.7. The third-order valence-corrected chi connectivity index (χ3v) is 16.2. The number of esters is 3. The van der Waals surface area contributed by atoms with Crippen LogP contribution in [0, 0.1) is 55.4 Å². The summed E-state index contributed by atoms with van der Waals surface area (Å²) < 4.78 is 15.9. The monoisotopic (exact) mass is 1350 g/mol. The highest BCUT2D eigenvalue weighted by atomic mass is 16.5. The molecule has 0 amide bonds. The first-order chi connectivity index (χ1) is 47.1. The molecule has 0 aliphatic rings. The van der Waals surface area contributed by atoms with Gasteiger partial charge in [-0.15, -0.1) is 0 Å². The van der Waals surface area contributed by atoms with E-state index in [0.29, 0.717) is 22.4 Å². The fraction of sp³-hybridized carbons (Fsp3) is 0.418. The van der Waals surface area contributed by atoms with Gasteiger partial charge in [-0.2, -0.15) is 0 Å². The minimum atomic E-state index is -0.955. The number of carboxylic acid groups (broad SMARTS) is 1.